The maximum Gasteiger partial charge on any atom is 0.335 e. The molecule has 6 nitrogen and oxygen atoms in total. The Bertz CT molecular complexity index is 1470. The molecular formula is C33H35Cl2F2N3O3. The smallest absolute Gasteiger partial charge is 0.335 e. The number of carboxylic acid groups (broad SMARTS) is 1. The van der Waals surface area contributed by atoms with E-state index in [9.17, 15) is 19.2 Å². The number of carboxylic acids is 1. The van der Waals surface area contributed by atoms with Crippen molar-refractivity contribution < 1.29 is 23.5 Å². The molecular weight excluding hydrogens is 595 g/mol. The molecule has 0 radical (unpaired) electrons. The largest absolute Gasteiger partial charge is 0.478 e. The van der Waals surface area contributed by atoms with E-state index in [1.165, 1.54) is 30.3 Å². The summed E-state index contributed by atoms with van der Waals surface area (Å²) in [5.74, 6) is -2.30. The van der Waals surface area contributed by atoms with Crippen LogP contribution in [0.15, 0.2) is 66.7 Å². The Morgan fingerprint density at radius 3 is 2.23 bits per heavy atom. The zero-order chi connectivity index (χ0) is 31.9. The molecule has 1 saturated heterocycles. The first-order chi connectivity index (χ1) is 20.2. The monoisotopic (exact) mass is 629 g/mol. The molecule has 0 spiro atoms. The quantitative estimate of drug-likeness (QED) is 0.282. The molecule has 43 heavy (non-hydrogen) atoms. The molecule has 10 heteroatoms. The number of benzene rings is 3. The molecule has 1 aliphatic heterocycles. The maximum absolute atomic E-state index is 15.1. The van der Waals surface area contributed by atoms with Crippen LogP contribution in [0.5, 0.6) is 0 Å². The van der Waals surface area contributed by atoms with Gasteiger partial charge in [-0.25, -0.2) is 13.6 Å². The number of likely N-dealkylation sites (tertiary alicyclic amines) is 1. The van der Waals surface area contributed by atoms with Gasteiger partial charge < -0.3 is 10.4 Å². The number of carbonyl (C=O) groups excluding carboxylic acids is 1. The number of hydrogen-bond donors (Lipinski definition) is 2. The van der Waals surface area contributed by atoms with E-state index in [2.05, 4.69) is 32.2 Å². The minimum atomic E-state index is -1.13. The fourth-order valence-electron chi connectivity index (χ4n) is 5.54. The van der Waals surface area contributed by atoms with Crippen molar-refractivity contribution in [3.63, 3.8) is 0 Å². The molecule has 1 fully saturated rings. The summed E-state index contributed by atoms with van der Waals surface area (Å²) in [7, 11) is 0. The fraction of sp³-hybridized carbons (Fsp3) is 0.364. The van der Waals surface area contributed by atoms with E-state index in [1.54, 1.807) is 36.4 Å². The molecule has 228 valence electrons. The summed E-state index contributed by atoms with van der Waals surface area (Å²) < 4.78 is 27.3. The van der Waals surface area contributed by atoms with Crippen molar-refractivity contribution in [1.82, 2.24) is 10.2 Å². The fourth-order valence-corrected chi connectivity index (χ4v) is 5.84. The molecule has 4 rings (SSSR count). The molecule has 0 aromatic heterocycles. The van der Waals surface area contributed by atoms with Crippen molar-refractivity contribution in [2.75, 3.05) is 13.1 Å². The second-order valence-corrected chi connectivity index (χ2v) is 12.7. The molecule has 0 aliphatic carbocycles. The Kier molecular flexibility index (Phi) is 11.3. The summed E-state index contributed by atoms with van der Waals surface area (Å²) in [5, 5.41) is 22.8. The highest BCUT2D eigenvalue weighted by molar-refractivity contribution is 6.30. The van der Waals surface area contributed by atoms with Crippen LogP contribution in [0, 0.1) is 34.3 Å². The number of nitrogens with zero attached hydrogens (tertiary/aromatic N) is 2. The summed E-state index contributed by atoms with van der Waals surface area (Å²) in [5.41, 5.74) is 0.0359. The van der Waals surface area contributed by atoms with Crippen LogP contribution in [0.1, 0.15) is 55.6 Å². The van der Waals surface area contributed by atoms with Gasteiger partial charge in [-0.1, -0.05) is 74.3 Å². The number of amides is 1. The van der Waals surface area contributed by atoms with Crippen molar-refractivity contribution in [1.29, 1.82) is 5.26 Å². The lowest BCUT2D eigenvalue weighted by atomic mass is 9.65. The number of halogens is 4. The van der Waals surface area contributed by atoms with Gasteiger partial charge in [0.25, 0.3) is 0 Å². The van der Waals surface area contributed by atoms with Crippen LogP contribution in [0.4, 0.5) is 8.78 Å². The number of carbonyl (C=O) groups is 2. The van der Waals surface area contributed by atoms with Crippen molar-refractivity contribution in [2.45, 2.75) is 52.1 Å². The zero-order valence-corrected chi connectivity index (χ0v) is 26.0. The van der Waals surface area contributed by atoms with Gasteiger partial charge in [-0.05, 0) is 66.6 Å². The van der Waals surface area contributed by atoms with Crippen LogP contribution in [0.25, 0.3) is 0 Å². The van der Waals surface area contributed by atoms with Crippen LogP contribution < -0.4 is 5.32 Å². The van der Waals surface area contributed by atoms with Crippen molar-refractivity contribution in [2.24, 2.45) is 11.3 Å². The zero-order valence-electron chi connectivity index (χ0n) is 24.5. The summed E-state index contributed by atoms with van der Waals surface area (Å²) >= 11 is 11.3. The maximum atomic E-state index is 15.1. The average Bonchev–Trinajstić information content (AvgIpc) is 3.18. The average molecular weight is 631 g/mol. The molecule has 0 saturated carbocycles. The molecule has 1 heterocycles. The first-order valence-electron chi connectivity index (χ1n) is 13.8. The van der Waals surface area contributed by atoms with E-state index < -0.39 is 23.2 Å². The first kappa shape index (κ1) is 34.0. The summed E-state index contributed by atoms with van der Waals surface area (Å²) in [6, 6.07) is 18.9. The standard InChI is InChI=1S/C27H31ClFN3O3.C6H4ClF/c1-17-27(16-30,22-10-9-21(28)11-23(22)29)20(12-26(2,3)4)14-32(17)15-24(33)31-13-18-5-7-19(8-6-18)25(34)35;7-5-3-1-2-4-6(5)8/h5-11,17,20H,12-15H2,1-4H3,(H,31,33)(H,34,35);1-4H/t17-,20-,27?;/m1./s1. The summed E-state index contributed by atoms with van der Waals surface area (Å²) in [6.07, 6.45) is 0.682. The first-order valence-corrected chi connectivity index (χ1v) is 14.5. The number of rotatable bonds is 7. The molecule has 3 aromatic carbocycles. The molecule has 3 aromatic rings. The number of nitrogens with one attached hydrogen (secondary N) is 1. The third-order valence-corrected chi connectivity index (χ3v) is 8.13. The van der Waals surface area contributed by atoms with E-state index in [-0.39, 0.29) is 51.8 Å². The highest BCUT2D eigenvalue weighted by Gasteiger charge is 2.55. The van der Waals surface area contributed by atoms with Gasteiger partial charge in [-0.15, -0.1) is 0 Å². The van der Waals surface area contributed by atoms with Crippen molar-refractivity contribution >= 4 is 35.1 Å². The highest BCUT2D eigenvalue weighted by atomic mass is 35.5. The second-order valence-electron chi connectivity index (χ2n) is 11.9. The van der Waals surface area contributed by atoms with Crippen molar-refractivity contribution in [3.8, 4) is 6.07 Å². The molecule has 3 atom stereocenters. The minimum absolute atomic E-state index is 0.0632. The predicted octanol–water partition coefficient (Wildman–Crippen LogP) is 7.49. The lowest BCUT2D eigenvalue weighted by Gasteiger charge is -2.36. The Labute approximate surface area is 261 Å². The number of nitriles is 1. The van der Waals surface area contributed by atoms with Crippen LogP contribution in [0.2, 0.25) is 10.0 Å². The molecule has 1 unspecified atom stereocenters. The lowest BCUT2D eigenvalue weighted by molar-refractivity contribution is -0.122. The van der Waals surface area contributed by atoms with Gasteiger partial charge in [0, 0.05) is 29.7 Å². The lowest BCUT2D eigenvalue weighted by Crippen LogP contribution is -2.45. The second kappa shape index (κ2) is 14.3. The van der Waals surface area contributed by atoms with Crippen LogP contribution in [-0.2, 0) is 16.8 Å². The molecule has 0 bridgehead atoms. The normalized spacial score (nSPS) is 20.1. The molecule has 1 amide bonds. The topological polar surface area (TPSA) is 93.4 Å². The number of aromatic carboxylic acids is 1. The van der Waals surface area contributed by atoms with Crippen LogP contribution in [-0.4, -0.2) is 41.0 Å². The third kappa shape index (κ3) is 8.54. The Balaban J connectivity index is 0.000000546. The van der Waals surface area contributed by atoms with Gasteiger partial charge in [0.05, 0.1) is 23.2 Å². The Hall–Kier alpha value is -3.51. The SMILES string of the molecule is C[C@H]1N(CC(=O)NCc2ccc(C(=O)O)cc2)C[C@@H](CC(C)(C)C)C1(C#N)c1ccc(Cl)cc1F.Fc1ccccc1Cl. The molecule has 2 N–H and O–H groups in total. The predicted molar refractivity (Wildman–Crippen MR) is 164 cm³/mol. The summed E-state index contributed by atoms with van der Waals surface area (Å²) in [6.45, 7) is 8.93. The van der Waals surface area contributed by atoms with Crippen molar-refractivity contribution in [3.05, 3.63) is 105 Å². The van der Waals surface area contributed by atoms with E-state index in [0.717, 1.165) is 5.56 Å². The Morgan fingerprint density at radius 1 is 1.07 bits per heavy atom. The van der Waals surface area contributed by atoms with Gasteiger partial charge >= 0.3 is 5.97 Å². The minimum Gasteiger partial charge on any atom is -0.478 e. The highest BCUT2D eigenvalue weighted by Crippen LogP contribution is 2.49. The third-order valence-electron chi connectivity index (χ3n) is 7.59. The van der Waals surface area contributed by atoms with E-state index >= 15 is 4.39 Å². The molecule has 1 aliphatic rings. The van der Waals surface area contributed by atoms with E-state index in [0.29, 0.717) is 18.5 Å². The number of hydrogen-bond acceptors (Lipinski definition) is 4. The van der Waals surface area contributed by atoms with Crippen LogP contribution >= 0.6 is 23.2 Å². The Morgan fingerprint density at radius 2 is 1.72 bits per heavy atom. The van der Waals surface area contributed by atoms with E-state index in [1.807, 2.05) is 11.8 Å². The van der Waals surface area contributed by atoms with Gasteiger partial charge in [-0.2, -0.15) is 5.26 Å². The summed E-state index contributed by atoms with van der Waals surface area (Å²) in [4.78, 5) is 25.8. The van der Waals surface area contributed by atoms with Gasteiger partial charge in [0.2, 0.25) is 5.91 Å². The van der Waals surface area contributed by atoms with Crippen LogP contribution in [0.3, 0.4) is 0 Å². The van der Waals surface area contributed by atoms with Gasteiger partial charge in [0.1, 0.15) is 17.0 Å². The van der Waals surface area contributed by atoms with Gasteiger partial charge in [0.15, 0.2) is 0 Å². The van der Waals surface area contributed by atoms with Gasteiger partial charge in [-0.3, -0.25) is 9.69 Å². The van der Waals surface area contributed by atoms with E-state index in [4.69, 9.17) is 28.3 Å².